The highest BCUT2D eigenvalue weighted by atomic mass is 16.5. The summed E-state index contributed by atoms with van der Waals surface area (Å²) in [7, 11) is 0. The van der Waals surface area contributed by atoms with Gasteiger partial charge in [0.05, 0.1) is 0 Å². The fraction of sp³-hybridized carbons (Fsp3) is 0.417. The molecule has 0 aliphatic carbocycles. The molecule has 14 heavy (non-hydrogen) atoms. The predicted octanol–water partition coefficient (Wildman–Crippen LogP) is 3.37. The van der Waals surface area contributed by atoms with E-state index in [1.807, 2.05) is 13.8 Å². The first kappa shape index (κ1) is 12.7. The summed E-state index contributed by atoms with van der Waals surface area (Å²) in [4.78, 5) is 11.2. The minimum absolute atomic E-state index is 0.173. The Bertz CT molecular complexity index is 237. The molecule has 0 saturated heterocycles. The molecule has 0 fully saturated rings. The Morgan fingerprint density at radius 1 is 1.50 bits per heavy atom. The van der Waals surface area contributed by atoms with E-state index in [1.54, 1.807) is 24.3 Å². The van der Waals surface area contributed by atoms with Gasteiger partial charge in [0, 0.05) is 6.42 Å². The van der Waals surface area contributed by atoms with Crippen LogP contribution in [0.3, 0.4) is 0 Å². The first-order valence-electron chi connectivity index (χ1n) is 4.90. The fourth-order valence-corrected chi connectivity index (χ4v) is 0.856. The normalized spacial score (nSPS) is 11.7. The average Bonchev–Trinajstić information content (AvgIpc) is 2.21. The lowest BCUT2D eigenvalue weighted by molar-refractivity contribution is -0.139. The van der Waals surface area contributed by atoms with E-state index >= 15 is 0 Å². The predicted molar refractivity (Wildman–Crippen MR) is 58.7 cm³/mol. The molecule has 0 saturated carbocycles. The quantitative estimate of drug-likeness (QED) is 0.368. The van der Waals surface area contributed by atoms with Crippen LogP contribution in [-0.2, 0) is 9.53 Å². The van der Waals surface area contributed by atoms with Crippen molar-refractivity contribution in [2.24, 2.45) is 0 Å². The molecular formula is C12H18O2. The maximum absolute atomic E-state index is 11.2. The van der Waals surface area contributed by atoms with Crippen molar-refractivity contribution in [3.8, 4) is 0 Å². The third-order valence-corrected chi connectivity index (χ3v) is 1.65. The van der Waals surface area contributed by atoms with Crippen LogP contribution < -0.4 is 0 Å². The molecule has 0 heterocycles. The maximum Gasteiger partial charge on any atom is 0.311 e. The Morgan fingerprint density at radius 3 is 2.71 bits per heavy atom. The van der Waals surface area contributed by atoms with Gasteiger partial charge in [-0.25, -0.2) is 0 Å². The summed E-state index contributed by atoms with van der Waals surface area (Å²) in [5, 5.41) is 0. The Morgan fingerprint density at radius 2 is 2.21 bits per heavy atom. The summed E-state index contributed by atoms with van der Waals surface area (Å²) in [5.41, 5.74) is 0. The lowest BCUT2D eigenvalue weighted by atomic mass is 10.2. The topological polar surface area (TPSA) is 26.3 Å². The van der Waals surface area contributed by atoms with E-state index in [2.05, 4.69) is 6.58 Å². The monoisotopic (exact) mass is 194 g/mol. The van der Waals surface area contributed by atoms with E-state index < -0.39 is 0 Å². The molecule has 0 radical (unpaired) electrons. The van der Waals surface area contributed by atoms with Crippen molar-refractivity contribution in [2.45, 2.75) is 33.1 Å². The highest BCUT2D eigenvalue weighted by molar-refractivity contribution is 5.70. The standard InChI is InChI=1S/C12H18O2/c1-4-7-9-11(6-3)14-12(13)10-8-5-2/h4,6-7,9H,1,5,8,10H2,2-3H3/b9-7-,11-6+. The zero-order chi connectivity index (χ0) is 10.8. The lowest BCUT2D eigenvalue weighted by Gasteiger charge is -2.03. The second-order valence-corrected chi connectivity index (χ2v) is 2.86. The van der Waals surface area contributed by atoms with Crippen LogP contribution in [0.4, 0.5) is 0 Å². The maximum atomic E-state index is 11.2. The molecule has 0 aromatic carbocycles. The molecule has 0 N–H and O–H groups in total. The Hall–Kier alpha value is -1.31. The van der Waals surface area contributed by atoms with E-state index in [0.29, 0.717) is 12.2 Å². The molecule has 0 rings (SSSR count). The second-order valence-electron chi connectivity index (χ2n) is 2.86. The largest absolute Gasteiger partial charge is 0.427 e. The van der Waals surface area contributed by atoms with Crippen LogP contribution in [-0.4, -0.2) is 5.97 Å². The molecule has 0 bridgehead atoms. The minimum atomic E-state index is -0.173. The van der Waals surface area contributed by atoms with Gasteiger partial charge in [-0.1, -0.05) is 32.1 Å². The van der Waals surface area contributed by atoms with Gasteiger partial charge in [-0.15, -0.1) is 0 Å². The summed E-state index contributed by atoms with van der Waals surface area (Å²) < 4.78 is 5.09. The molecule has 2 heteroatoms. The zero-order valence-electron chi connectivity index (χ0n) is 8.95. The number of hydrogen-bond donors (Lipinski definition) is 0. The summed E-state index contributed by atoms with van der Waals surface area (Å²) in [6.07, 6.45) is 9.21. The van der Waals surface area contributed by atoms with Crippen LogP contribution in [0.15, 0.2) is 36.6 Å². The Labute approximate surface area is 86.0 Å². The molecule has 0 aliphatic rings. The molecule has 0 amide bonds. The van der Waals surface area contributed by atoms with E-state index in [-0.39, 0.29) is 5.97 Å². The molecule has 0 unspecified atom stereocenters. The van der Waals surface area contributed by atoms with Crippen molar-refractivity contribution < 1.29 is 9.53 Å². The SMILES string of the molecule is C=C/C=C\C(=C/C)OC(=O)CCCC. The van der Waals surface area contributed by atoms with Gasteiger partial charge >= 0.3 is 5.97 Å². The van der Waals surface area contributed by atoms with Crippen LogP contribution in [0.1, 0.15) is 33.1 Å². The van der Waals surface area contributed by atoms with Gasteiger partial charge in [-0.05, 0) is 25.5 Å². The molecule has 0 aromatic heterocycles. The van der Waals surface area contributed by atoms with Gasteiger partial charge in [0.2, 0.25) is 0 Å². The van der Waals surface area contributed by atoms with Gasteiger partial charge in [0.25, 0.3) is 0 Å². The van der Waals surface area contributed by atoms with Crippen molar-refractivity contribution in [3.05, 3.63) is 36.6 Å². The molecule has 2 nitrogen and oxygen atoms in total. The average molecular weight is 194 g/mol. The van der Waals surface area contributed by atoms with E-state index in [9.17, 15) is 4.79 Å². The van der Waals surface area contributed by atoms with E-state index in [4.69, 9.17) is 4.74 Å². The molecular weight excluding hydrogens is 176 g/mol. The number of rotatable bonds is 6. The van der Waals surface area contributed by atoms with Gasteiger partial charge in [0.15, 0.2) is 0 Å². The minimum Gasteiger partial charge on any atom is -0.427 e. The van der Waals surface area contributed by atoms with Crippen molar-refractivity contribution in [2.75, 3.05) is 0 Å². The highest BCUT2D eigenvalue weighted by Gasteiger charge is 2.02. The smallest absolute Gasteiger partial charge is 0.311 e. The first-order chi connectivity index (χ1) is 6.74. The summed E-state index contributed by atoms with van der Waals surface area (Å²) >= 11 is 0. The lowest BCUT2D eigenvalue weighted by Crippen LogP contribution is -2.02. The van der Waals surface area contributed by atoms with Gasteiger partial charge in [-0.3, -0.25) is 4.79 Å². The molecule has 0 aromatic rings. The molecule has 0 aliphatic heterocycles. The number of hydrogen-bond acceptors (Lipinski definition) is 2. The number of carbonyl (C=O) groups excluding carboxylic acids is 1. The van der Waals surface area contributed by atoms with Crippen LogP contribution in [0.5, 0.6) is 0 Å². The summed E-state index contributed by atoms with van der Waals surface area (Å²) in [6.45, 7) is 7.41. The number of unbranched alkanes of at least 4 members (excludes halogenated alkanes) is 1. The van der Waals surface area contributed by atoms with Crippen LogP contribution in [0, 0.1) is 0 Å². The highest BCUT2D eigenvalue weighted by Crippen LogP contribution is 2.04. The Kier molecular flexibility index (Phi) is 7.52. The van der Waals surface area contributed by atoms with Crippen molar-refractivity contribution in [1.82, 2.24) is 0 Å². The van der Waals surface area contributed by atoms with Crippen LogP contribution >= 0.6 is 0 Å². The molecule has 0 atom stereocenters. The summed E-state index contributed by atoms with van der Waals surface area (Å²) in [6, 6.07) is 0. The first-order valence-corrected chi connectivity index (χ1v) is 4.90. The Balaban J connectivity index is 4.00. The van der Waals surface area contributed by atoms with E-state index in [1.165, 1.54) is 0 Å². The third-order valence-electron chi connectivity index (χ3n) is 1.65. The zero-order valence-corrected chi connectivity index (χ0v) is 8.95. The van der Waals surface area contributed by atoms with Crippen molar-refractivity contribution in [1.29, 1.82) is 0 Å². The van der Waals surface area contributed by atoms with Gasteiger partial charge in [0.1, 0.15) is 5.76 Å². The van der Waals surface area contributed by atoms with Crippen LogP contribution in [0.25, 0.3) is 0 Å². The summed E-state index contributed by atoms with van der Waals surface area (Å²) in [5.74, 6) is 0.402. The van der Waals surface area contributed by atoms with Crippen LogP contribution in [0.2, 0.25) is 0 Å². The number of esters is 1. The fourth-order valence-electron chi connectivity index (χ4n) is 0.856. The van der Waals surface area contributed by atoms with Gasteiger partial charge in [-0.2, -0.15) is 0 Å². The number of carbonyl (C=O) groups is 1. The third kappa shape index (κ3) is 6.23. The van der Waals surface area contributed by atoms with E-state index in [0.717, 1.165) is 12.8 Å². The van der Waals surface area contributed by atoms with Gasteiger partial charge < -0.3 is 4.74 Å². The number of allylic oxidation sites excluding steroid dienone is 4. The molecule has 0 spiro atoms. The number of ether oxygens (including phenoxy) is 1. The second kappa shape index (κ2) is 8.30. The van der Waals surface area contributed by atoms with Crippen molar-refractivity contribution >= 4 is 5.97 Å². The molecule has 78 valence electrons. The van der Waals surface area contributed by atoms with Crippen molar-refractivity contribution in [3.63, 3.8) is 0 Å².